The van der Waals surface area contributed by atoms with Gasteiger partial charge in [-0.15, -0.1) is 0 Å². The van der Waals surface area contributed by atoms with Gasteiger partial charge in [-0.05, 0) is 78.0 Å². The van der Waals surface area contributed by atoms with Gasteiger partial charge in [0.05, 0.1) is 11.5 Å². The zero-order valence-corrected chi connectivity index (χ0v) is 15.2. The normalized spacial score (nSPS) is 10.9. The number of ether oxygens (including phenoxy) is 1. The Kier molecular flexibility index (Phi) is 5.83. The summed E-state index contributed by atoms with van der Waals surface area (Å²) in [5, 5.41) is 2.50. The molecule has 8 heteroatoms. The lowest BCUT2D eigenvalue weighted by molar-refractivity contribution is 0.168. The van der Waals surface area contributed by atoms with Crippen LogP contribution in [0.2, 0.25) is 0 Å². The molecule has 0 spiro atoms. The van der Waals surface area contributed by atoms with Crippen LogP contribution in [0.1, 0.15) is 6.92 Å². The van der Waals surface area contributed by atoms with Crippen molar-refractivity contribution in [1.29, 1.82) is 0 Å². The van der Waals surface area contributed by atoms with Crippen LogP contribution in [-0.2, 0) is 14.8 Å². The molecule has 0 atom stereocenters. The summed E-state index contributed by atoms with van der Waals surface area (Å²) < 4.78 is 32.9. The van der Waals surface area contributed by atoms with Crippen molar-refractivity contribution < 1.29 is 17.9 Å². The number of benzene rings is 2. The number of amides is 1. The minimum atomic E-state index is -3.68. The van der Waals surface area contributed by atoms with Gasteiger partial charge in [-0.2, -0.15) is 0 Å². The molecule has 0 aromatic heterocycles. The van der Waals surface area contributed by atoms with Crippen LogP contribution in [0, 0.1) is 3.57 Å². The van der Waals surface area contributed by atoms with E-state index in [0.717, 1.165) is 3.57 Å². The molecular weight excluding hydrogens is 431 g/mol. The van der Waals surface area contributed by atoms with E-state index in [1.165, 1.54) is 24.3 Å². The van der Waals surface area contributed by atoms with Crippen LogP contribution in [0.25, 0.3) is 0 Å². The van der Waals surface area contributed by atoms with Crippen molar-refractivity contribution in [2.75, 3.05) is 16.6 Å². The van der Waals surface area contributed by atoms with E-state index in [1.807, 2.05) is 12.1 Å². The molecule has 0 fully saturated rings. The average Bonchev–Trinajstić information content (AvgIpc) is 2.50. The van der Waals surface area contributed by atoms with E-state index in [4.69, 9.17) is 4.74 Å². The highest BCUT2D eigenvalue weighted by atomic mass is 127. The van der Waals surface area contributed by atoms with Gasteiger partial charge in [-0.25, -0.2) is 13.2 Å². The minimum absolute atomic E-state index is 0.102. The summed E-state index contributed by atoms with van der Waals surface area (Å²) in [6.07, 6.45) is -0.583. The Bertz CT molecular complexity index is 774. The van der Waals surface area contributed by atoms with E-state index in [1.54, 1.807) is 19.1 Å². The third-order valence-corrected chi connectivity index (χ3v) is 4.90. The van der Waals surface area contributed by atoms with Crippen molar-refractivity contribution in [3.63, 3.8) is 0 Å². The van der Waals surface area contributed by atoms with Gasteiger partial charge in [-0.3, -0.25) is 10.0 Å². The predicted molar refractivity (Wildman–Crippen MR) is 97.1 cm³/mol. The molecule has 0 bridgehead atoms. The third kappa shape index (κ3) is 5.10. The zero-order valence-electron chi connectivity index (χ0n) is 12.2. The van der Waals surface area contributed by atoms with Crippen LogP contribution < -0.4 is 10.0 Å². The Morgan fingerprint density at radius 1 is 1.04 bits per heavy atom. The Morgan fingerprint density at radius 3 is 2.17 bits per heavy atom. The molecule has 1 amide bonds. The molecule has 0 aliphatic rings. The second-order valence-corrected chi connectivity index (χ2v) is 7.41. The standard InChI is InChI=1S/C15H15IN2O4S/c1-2-22-15(19)17-12-7-9-14(10-8-12)23(20,21)18-13-5-3-11(16)4-6-13/h3-10,18H,2H2,1H3,(H,17,19). The molecule has 0 unspecified atom stereocenters. The van der Waals surface area contributed by atoms with Crippen LogP contribution >= 0.6 is 22.6 Å². The number of sulfonamides is 1. The fourth-order valence-corrected chi connectivity index (χ4v) is 3.15. The Labute approximate surface area is 148 Å². The van der Waals surface area contributed by atoms with E-state index >= 15 is 0 Å². The topological polar surface area (TPSA) is 84.5 Å². The van der Waals surface area contributed by atoms with Crippen LogP contribution in [0.15, 0.2) is 53.4 Å². The number of anilines is 2. The summed E-state index contributed by atoms with van der Waals surface area (Å²) in [5.74, 6) is 0. The van der Waals surface area contributed by atoms with Crippen LogP contribution in [-0.4, -0.2) is 21.1 Å². The lowest BCUT2D eigenvalue weighted by atomic mass is 10.3. The molecular formula is C15H15IN2O4S. The number of carbonyl (C=O) groups excluding carboxylic acids is 1. The van der Waals surface area contributed by atoms with Crippen molar-refractivity contribution in [3.8, 4) is 0 Å². The Balaban J connectivity index is 2.11. The van der Waals surface area contributed by atoms with Crippen molar-refractivity contribution in [2.24, 2.45) is 0 Å². The van der Waals surface area contributed by atoms with Gasteiger partial charge in [0.1, 0.15) is 0 Å². The summed E-state index contributed by atoms with van der Waals surface area (Å²) in [6.45, 7) is 1.96. The fourth-order valence-electron chi connectivity index (χ4n) is 1.73. The Hall–Kier alpha value is -1.81. The lowest BCUT2D eigenvalue weighted by Gasteiger charge is -2.09. The average molecular weight is 446 g/mol. The monoisotopic (exact) mass is 446 g/mol. The van der Waals surface area contributed by atoms with Crippen LogP contribution in [0.5, 0.6) is 0 Å². The van der Waals surface area contributed by atoms with E-state index in [2.05, 4.69) is 32.6 Å². The first-order valence-corrected chi connectivity index (χ1v) is 9.29. The first-order valence-electron chi connectivity index (χ1n) is 6.73. The van der Waals surface area contributed by atoms with E-state index in [9.17, 15) is 13.2 Å². The van der Waals surface area contributed by atoms with Gasteiger partial charge in [0.15, 0.2) is 0 Å². The predicted octanol–water partition coefficient (Wildman–Crippen LogP) is 3.66. The molecule has 2 rings (SSSR count). The SMILES string of the molecule is CCOC(=O)Nc1ccc(S(=O)(=O)Nc2ccc(I)cc2)cc1. The number of hydrogen-bond donors (Lipinski definition) is 2. The first-order chi connectivity index (χ1) is 10.9. The van der Waals surface area contributed by atoms with Crippen LogP contribution in [0.3, 0.4) is 0 Å². The molecule has 2 aromatic carbocycles. The smallest absolute Gasteiger partial charge is 0.411 e. The second kappa shape index (κ2) is 7.64. The number of rotatable bonds is 5. The summed E-state index contributed by atoms with van der Waals surface area (Å²) in [5.41, 5.74) is 0.941. The molecule has 0 aliphatic heterocycles. The molecule has 6 nitrogen and oxygen atoms in total. The van der Waals surface area contributed by atoms with Crippen LogP contribution in [0.4, 0.5) is 16.2 Å². The first kappa shape index (κ1) is 17.5. The lowest BCUT2D eigenvalue weighted by Crippen LogP contribution is -2.14. The highest BCUT2D eigenvalue weighted by Gasteiger charge is 2.14. The summed E-state index contributed by atoms with van der Waals surface area (Å²) in [7, 11) is -3.68. The fraction of sp³-hybridized carbons (Fsp3) is 0.133. The van der Waals surface area contributed by atoms with Gasteiger partial charge in [0, 0.05) is 14.9 Å². The summed E-state index contributed by atoms with van der Waals surface area (Å²) in [6, 6.07) is 12.8. The highest BCUT2D eigenvalue weighted by molar-refractivity contribution is 14.1. The number of halogens is 1. The van der Waals surface area contributed by atoms with Gasteiger partial charge in [0.2, 0.25) is 0 Å². The van der Waals surface area contributed by atoms with Gasteiger partial charge in [0.25, 0.3) is 10.0 Å². The minimum Gasteiger partial charge on any atom is -0.450 e. The van der Waals surface area contributed by atoms with Crippen molar-refractivity contribution in [2.45, 2.75) is 11.8 Å². The van der Waals surface area contributed by atoms with Crippen molar-refractivity contribution in [3.05, 3.63) is 52.1 Å². The van der Waals surface area contributed by atoms with Crippen molar-refractivity contribution >= 4 is 50.1 Å². The number of hydrogen-bond acceptors (Lipinski definition) is 4. The molecule has 0 radical (unpaired) electrons. The molecule has 0 heterocycles. The van der Waals surface area contributed by atoms with E-state index in [-0.39, 0.29) is 11.5 Å². The number of nitrogens with one attached hydrogen (secondary N) is 2. The highest BCUT2D eigenvalue weighted by Crippen LogP contribution is 2.19. The summed E-state index contributed by atoms with van der Waals surface area (Å²) >= 11 is 2.14. The quantitative estimate of drug-likeness (QED) is 0.687. The second-order valence-electron chi connectivity index (χ2n) is 4.48. The van der Waals surface area contributed by atoms with Gasteiger partial charge < -0.3 is 4.74 Å². The molecule has 122 valence electrons. The largest absolute Gasteiger partial charge is 0.450 e. The van der Waals surface area contributed by atoms with E-state index < -0.39 is 16.1 Å². The zero-order chi connectivity index (χ0) is 16.9. The molecule has 0 saturated heterocycles. The molecule has 2 N–H and O–H groups in total. The molecule has 23 heavy (non-hydrogen) atoms. The summed E-state index contributed by atoms with van der Waals surface area (Å²) in [4.78, 5) is 11.4. The molecule has 0 aliphatic carbocycles. The maximum atomic E-state index is 12.3. The Morgan fingerprint density at radius 2 is 1.61 bits per heavy atom. The third-order valence-electron chi connectivity index (χ3n) is 2.78. The number of carbonyl (C=O) groups is 1. The molecule has 2 aromatic rings. The van der Waals surface area contributed by atoms with Crippen molar-refractivity contribution in [1.82, 2.24) is 0 Å². The molecule has 0 saturated carbocycles. The van der Waals surface area contributed by atoms with Gasteiger partial charge >= 0.3 is 6.09 Å². The maximum Gasteiger partial charge on any atom is 0.411 e. The van der Waals surface area contributed by atoms with Gasteiger partial charge in [-0.1, -0.05) is 0 Å². The maximum absolute atomic E-state index is 12.3. The van der Waals surface area contributed by atoms with E-state index in [0.29, 0.717) is 11.4 Å².